The van der Waals surface area contributed by atoms with Gasteiger partial charge in [0.2, 0.25) is 5.41 Å². The van der Waals surface area contributed by atoms with E-state index < -0.39 is 60.9 Å². The molecule has 0 heterocycles. The van der Waals surface area contributed by atoms with Gasteiger partial charge in [0, 0.05) is 0 Å². The lowest BCUT2D eigenvalue weighted by Crippen LogP contribution is -2.70. The SMILES string of the molecule is CCOC(=O)C(CC)(C(=O)OCC)C(F)(F)C(F)(F)C(F)(F)C(F)(F)F. The van der Waals surface area contributed by atoms with E-state index >= 15 is 0 Å². The molecule has 26 heavy (non-hydrogen) atoms. The van der Waals surface area contributed by atoms with Gasteiger partial charge in [-0.05, 0) is 20.3 Å². The maximum Gasteiger partial charge on any atom is 0.460 e. The van der Waals surface area contributed by atoms with E-state index in [1.807, 2.05) is 0 Å². The topological polar surface area (TPSA) is 52.6 Å². The molecule has 0 fully saturated rings. The summed E-state index contributed by atoms with van der Waals surface area (Å²) in [5.74, 6) is -25.8. The Balaban J connectivity index is 6.73. The molecule has 0 aliphatic rings. The van der Waals surface area contributed by atoms with Crippen molar-refractivity contribution < 1.29 is 58.6 Å². The first-order valence-electron chi connectivity index (χ1n) is 7.07. The van der Waals surface area contributed by atoms with E-state index in [-0.39, 0.29) is 0 Å². The number of carbonyl (C=O) groups is 2. The fourth-order valence-electron chi connectivity index (χ4n) is 2.00. The van der Waals surface area contributed by atoms with Crippen LogP contribution in [0.2, 0.25) is 0 Å². The van der Waals surface area contributed by atoms with Gasteiger partial charge in [0.15, 0.2) is 0 Å². The predicted molar refractivity (Wildman–Crippen MR) is 66.9 cm³/mol. The largest absolute Gasteiger partial charge is 0.465 e. The highest BCUT2D eigenvalue weighted by atomic mass is 19.4. The Labute approximate surface area is 141 Å². The quantitative estimate of drug-likeness (QED) is 0.348. The number of hydrogen-bond acceptors (Lipinski definition) is 4. The van der Waals surface area contributed by atoms with Crippen LogP contribution in [0.25, 0.3) is 0 Å². The van der Waals surface area contributed by atoms with Crippen molar-refractivity contribution in [2.24, 2.45) is 5.41 Å². The van der Waals surface area contributed by atoms with Gasteiger partial charge in [-0.1, -0.05) is 6.92 Å². The second kappa shape index (κ2) is 7.51. The standard InChI is InChI=1S/C13H15F9O4/c1-4-9(7(23)25-5-2,8(24)26-6-3)10(14,15)11(16,17)12(18,19)13(20,21)22/h4-6H2,1-3H3. The second-order valence-electron chi connectivity index (χ2n) is 4.92. The van der Waals surface area contributed by atoms with E-state index in [0.29, 0.717) is 6.92 Å². The van der Waals surface area contributed by atoms with Crippen molar-refractivity contribution in [2.45, 2.75) is 51.1 Å². The van der Waals surface area contributed by atoms with Crippen molar-refractivity contribution in [1.29, 1.82) is 0 Å². The van der Waals surface area contributed by atoms with Crippen molar-refractivity contribution >= 4 is 11.9 Å². The summed E-state index contributed by atoms with van der Waals surface area (Å²) in [5, 5.41) is 0. The second-order valence-corrected chi connectivity index (χ2v) is 4.92. The molecular formula is C13H15F9O4. The summed E-state index contributed by atoms with van der Waals surface area (Å²) in [6.07, 6.45) is -8.69. The fraction of sp³-hybridized carbons (Fsp3) is 0.846. The highest BCUT2D eigenvalue weighted by molar-refractivity contribution is 6.01. The number of ether oxygens (including phenoxy) is 2. The molecule has 4 nitrogen and oxygen atoms in total. The molecule has 13 heteroatoms. The van der Waals surface area contributed by atoms with Gasteiger partial charge >= 0.3 is 35.9 Å². The van der Waals surface area contributed by atoms with Crippen molar-refractivity contribution in [3.05, 3.63) is 0 Å². The zero-order valence-corrected chi connectivity index (χ0v) is 13.7. The minimum atomic E-state index is -7.26. The summed E-state index contributed by atoms with van der Waals surface area (Å²) in [4.78, 5) is 23.6. The third-order valence-electron chi connectivity index (χ3n) is 3.46. The van der Waals surface area contributed by atoms with Crippen LogP contribution >= 0.6 is 0 Å². The van der Waals surface area contributed by atoms with Crippen LogP contribution in [0, 0.1) is 5.41 Å². The highest BCUT2D eigenvalue weighted by Crippen LogP contribution is 2.59. The smallest absolute Gasteiger partial charge is 0.460 e. The molecule has 0 radical (unpaired) electrons. The Morgan fingerprint density at radius 1 is 0.654 bits per heavy atom. The number of alkyl halides is 9. The van der Waals surface area contributed by atoms with E-state index in [2.05, 4.69) is 9.47 Å². The summed E-state index contributed by atoms with van der Waals surface area (Å²) < 4.78 is 127. The number of halogens is 9. The van der Waals surface area contributed by atoms with Gasteiger partial charge in [-0.15, -0.1) is 0 Å². The van der Waals surface area contributed by atoms with E-state index in [0.717, 1.165) is 13.8 Å². The number of esters is 2. The van der Waals surface area contributed by atoms with Crippen LogP contribution in [0.15, 0.2) is 0 Å². The molecular weight excluding hydrogens is 391 g/mol. The molecule has 0 saturated carbocycles. The van der Waals surface area contributed by atoms with E-state index in [1.165, 1.54) is 0 Å². The van der Waals surface area contributed by atoms with Crippen LogP contribution < -0.4 is 0 Å². The Bertz CT molecular complexity index is 510. The Morgan fingerprint density at radius 3 is 1.23 bits per heavy atom. The monoisotopic (exact) mass is 406 g/mol. The Kier molecular flexibility index (Phi) is 7.02. The number of hydrogen-bond donors (Lipinski definition) is 0. The van der Waals surface area contributed by atoms with Crippen molar-refractivity contribution in [2.75, 3.05) is 13.2 Å². The van der Waals surface area contributed by atoms with Crippen LogP contribution in [0.5, 0.6) is 0 Å². The highest BCUT2D eigenvalue weighted by Gasteiger charge is 2.88. The Hall–Kier alpha value is -1.69. The molecule has 0 bridgehead atoms. The average Bonchev–Trinajstić information content (AvgIpc) is 2.47. The van der Waals surface area contributed by atoms with Crippen LogP contribution in [-0.2, 0) is 19.1 Å². The van der Waals surface area contributed by atoms with Gasteiger partial charge in [0.25, 0.3) is 0 Å². The van der Waals surface area contributed by atoms with Crippen molar-refractivity contribution in [1.82, 2.24) is 0 Å². The van der Waals surface area contributed by atoms with Crippen LogP contribution in [-0.4, -0.2) is 49.1 Å². The third kappa shape index (κ3) is 3.31. The van der Waals surface area contributed by atoms with Crippen LogP contribution in [0.1, 0.15) is 27.2 Å². The van der Waals surface area contributed by atoms with Crippen molar-refractivity contribution in [3.8, 4) is 0 Å². The first-order valence-corrected chi connectivity index (χ1v) is 7.07. The lowest BCUT2D eigenvalue weighted by molar-refractivity contribution is -0.408. The average molecular weight is 406 g/mol. The van der Waals surface area contributed by atoms with E-state index in [9.17, 15) is 49.1 Å². The molecule has 0 aromatic rings. The van der Waals surface area contributed by atoms with Gasteiger partial charge in [-0.3, -0.25) is 9.59 Å². The molecule has 0 unspecified atom stereocenters. The maximum absolute atomic E-state index is 14.4. The molecule has 0 spiro atoms. The van der Waals surface area contributed by atoms with Gasteiger partial charge in [0.05, 0.1) is 13.2 Å². The number of carbonyl (C=O) groups excluding carboxylic acids is 2. The zero-order chi connectivity index (χ0) is 21.2. The molecule has 0 atom stereocenters. The summed E-state index contributed by atoms with van der Waals surface area (Å²) in [6, 6.07) is 0. The third-order valence-corrected chi connectivity index (χ3v) is 3.46. The minimum Gasteiger partial charge on any atom is -0.465 e. The van der Waals surface area contributed by atoms with Gasteiger partial charge < -0.3 is 9.47 Å². The molecule has 0 N–H and O–H groups in total. The lowest BCUT2D eigenvalue weighted by Gasteiger charge is -2.41. The van der Waals surface area contributed by atoms with Crippen LogP contribution in [0.4, 0.5) is 39.5 Å². The minimum absolute atomic E-state index is 0.531. The molecule has 0 rings (SSSR count). The summed E-state index contributed by atoms with van der Waals surface area (Å²) in [6.45, 7) is 1.03. The Morgan fingerprint density at radius 2 is 1.00 bits per heavy atom. The van der Waals surface area contributed by atoms with Crippen molar-refractivity contribution in [3.63, 3.8) is 0 Å². The van der Waals surface area contributed by atoms with Crippen LogP contribution in [0.3, 0.4) is 0 Å². The molecule has 154 valence electrons. The van der Waals surface area contributed by atoms with Gasteiger partial charge in [0.1, 0.15) is 0 Å². The first kappa shape index (κ1) is 24.3. The fourth-order valence-corrected chi connectivity index (χ4v) is 2.00. The molecule has 0 aliphatic heterocycles. The normalized spacial score (nSPS) is 14.2. The molecule has 0 amide bonds. The predicted octanol–water partition coefficient (Wildman–Crippen LogP) is 3.98. The van der Waals surface area contributed by atoms with Gasteiger partial charge in [-0.25, -0.2) is 0 Å². The van der Waals surface area contributed by atoms with E-state index in [4.69, 9.17) is 0 Å². The lowest BCUT2D eigenvalue weighted by atomic mass is 9.74. The van der Waals surface area contributed by atoms with Gasteiger partial charge in [-0.2, -0.15) is 39.5 Å². The molecule has 0 aliphatic carbocycles. The summed E-state index contributed by atoms with van der Waals surface area (Å²) >= 11 is 0. The number of rotatable bonds is 8. The molecule has 0 aromatic carbocycles. The summed E-state index contributed by atoms with van der Waals surface area (Å²) in [7, 11) is 0. The zero-order valence-electron chi connectivity index (χ0n) is 13.7. The summed E-state index contributed by atoms with van der Waals surface area (Å²) in [5.41, 5.74) is -4.42. The molecule has 0 saturated heterocycles. The maximum atomic E-state index is 14.4. The molecule has 0 aromatic heterocycles. The van der Waals surface area contributed by atoms with E-state index in [1.54, 1.807) is 0 Å². The first-order chi connectivity index (χ1) is 11.5.